The van der Waals surface area contributed by atoms with Gasteiger partial charge in [-0.2, -0.15) is 0 Å². The lowest BCUT2D eigenvalue weighted by Crippen LogP contribution is -2.52. The number of nitrogens with one attached hydrogen (secondary N) is 2. The maximum absolute atomic E-state index is 13.5. The molecule has 3 aliphatic rings. The highest BCUT2D eigenvalue weighted by atomic mass is 16.5. The predicted molar refractivity (Wildman–Crippen MR) is 167 cm³/mol. The summed E-state index contributed by atoms with van der Waals surface area (Å²) in [4.78, 5) is 27.5. The molecule has 0 radical (unpaired) electrons. The van der Waals surface area contributed by atoms with Crippen molar-refractivity contribution in [3.63, 3.8) is 0 Å². The highest BCUT2D eigenvalue weighted by Crippen LogP contribution is 2.34. The molecule has 1 saturated carbocycles. The molecule has 0 unspecified atom stereocenters. The van der Waals surface area contributed by atoms with Crippen molar-refractivity contribution in [2.24, 2.45) is 0 Å². The highest BCUT2D eigenvalue weighted by molar-refractivity contribution is 5.95. The number of rotatable bonds is 6. The van der Waals surface area contributed by atoms with Gasteiger partial charge < -0.3 is 39.4 Å². The van der Waals surface area contributed by atoms with E-state index in [4.69, 9.17) is 23.9 Å². The summed E-state index contributed by atoms with van der Waals surface area (Å²) in [5.41, 5.74) is 5.95. The zero-order valence-electron chi connectivity index (χ0n) is 25.2. The van der Waals surface area contributed by atoms with Crippen LogP contribution in [-0.2, 0) is 22.6 Å². The molecule has 0 spiro atoms. The number of aromatic nitrogens is 3. The molecule has 12 nitrogen and oxygen atoms in total. The number of methoxy groups -OCH3 is 2. The van der Waals surface area contributed by atoms with Crippen LogP contribution in [0.1, 0.15) is 24.0 Å². The summed E-state index contributed by atoms with van der Waals surface area (Å²) in [6.45, 7) is 4.03. The normalized spacial score (nSPS) is 19.8. The lowest BCUT2D eigenvalue weighted by atomic mass is 9.89. The van der Waals surface area contributed by atoms with Gasteiger partial charge in [0.15, 0.2) is 5.65 Å². The Bertz CT molecular complexity index is 1690. The molecule has 1 amide bonds. The van der Waals surface area contributed by atoms with Crippen molar-refractivity contribution in [2.45, 2.75) is 38.1 Å². The number of anilines is 4. The topological polar surface area (TPSA) is 115 Å². The number of ether oxygens (including phenoxy) is 4. The zero-order valence-corrected chi connectivity index (χ0v) is 25.2. The molecule has 44 heavy (non-hydrogen) atoms. The molecule has 4 bridgehead atoms. The van der Waals surface area contributed by atoms with Crippen LogP contribution >= 0.6 is 0 Å². The van der Waals surface area contributed by atoms with Crippen LogP contribution in [0.25, 0.3) is 11.2 Å². The van der Waals surface area contributed by atoms with Gasteiger partial charge in [-0.15, -0.1) is 0 Å². The summed E-state index contributed by atoms with van der Waals surface area (Å²) >= 11 is 0. The number of amides is 1. The monoisotopic (exact) mass is 599 g/mol. The summed E-state index contributed by atoms with van der Waals surface area (Å²) in [5, 5.41) is 6.68. The van der Waals surface area contributed by atoms with Crippen molar-refractivity contribution in [3.8, 4) is 11.5 Å². The van der Waals surface area contributed by atoms with E-state index >= 15 is 0 Å². The quantitative estimate of drug-likeness (QED) is 0.333. The van der Waals surface area contributed by atoms with Crippen LogP contribution in [0.5, 0.6) is 11.5 Å². The molecule has 7 rings (SSSR count). The van der Waals surface area contributed by atoms with Gasteiger partial charge in [0, 0.05) is 55.8 Å². The minimum Gasteiger partial charge on any atom is -0.497 e. The third kappa shape index (κ3) is 5.46. The molecular formula is C32H37N7O5. The molecule has 2 aromatic heterocycles. The Morgan fingerprint density at radius 3 is 2.70 bits per heavy atom. The molecule has 230 valence electrons. The van der Waals surface area contributed by atoms with Crippen molar-refractivity contribution in [2.75, 3.05) is 62.7 Å². The van der Waals surface area contributed by atoms with Gasteiger partial charge in [-0.05, 0) is 48.7 Å². The van der Waals surface area contributed by atoms with Crippen LogP contribution in [0.15, 0.2) is 48.8 Å². The summed E-state index contributed by atoms with van der Waals surface area (Å²) in [7, 11) is 5.28. The first kappa shape index (κ1) is 28.2. The molecule has 4 aromatic rings. The number of morpholine rings is 1. The van der Waals surface area contributed by atoms with Gasteiger partial charge in [0.05, 0.1) is 51.9 Å². The number of hydrogen-bond acceptors (Lipinski definition) is 10. The van der Waals surface area contributed by atoms with E-state index in [1.165, 1.54) is 4.57 Å². The summed E-state index contributed by atoms with van der Waals surface area (Å²) in [5.74, 6) is 2.05. The van der Waals surface area contributed by atoms with Gasteiger partial charge in [0.1, 0.15) is 29.2 Å². The predicted octanol–water partition coefficient (Wildman–Crippen LogP) is 4.28. The second kappa shape index (κ2) is 11.9. The number of benzene rings is 2. The van der Waals surface area contributed by atoms with E-state index in [0.717, 1.165) is 65.6 Å². The van der Waals surface area contributed by atoms with Gasteiger partial charge in [0.25, 0.3) is 0 Å². The number of hydrogen-bond donors (Lipinski definition) is 2. The van der Waals surface area contributed by atoms with E-state index in [1.54, 1.807) is 20.5 Å². The van der Waals surface area contributed by atoms with Crippen molar-refractivity contribution in [1.82, 2.24) is 19.9 Å². The molecule has 12 heteroatoms. The standard InChI is InChI=1S/C32H37N7O5/c1-37(17-21-4-5-24(41-2)15-28(21)42-3)26-16-29-34-22-12-20(13-23(14-22)38-8-10-43-11-9-38)18-44-27-7-6-25(27)35-32(40)39-19-33-30(26)31(39)36-29/h4-5,12-16,19,25,27H,6-11,17-18H2,1-3H3,(H,34,36)(H,35,40)/t25-,27-/m1/s1. The largest absolute Gasteiger partial charge is 0.497 e. The smallest absolute Gasteiger partial charge is 0.328 e. The Balaban J connectivity index is 1.30. The average molecular weight is 600 g/mol. The summed E-state index contributed by atoms with van der Waals surface area (Å²) in [6, 6.07) is 13.8. The molecule has 1 aliphatic carbocycles. The van der Waals surface area contributed by atoms with E-state index in [2.05, 4.69) is 43.6 Å². The number of pyridine rings is 1. The van der Waals surface area contributed by atoms with Crippen molar-refractivity contribution in [1.29, 1.82) is 0 Å². The fourth-order valence-electron chi connectivity index (χ4n) is 6.05. The fourth-order valence-corrected chi connectivity index (χ4v) is 6.05. The minimum absolute atomic E-state index is 0.0511. The van der Waals surface area contributed by atoms with Crippen LogP contribution in [0.3, 0.4) is 0 Å². The number of carbonyl (C=O) groups is 1. The van der Waals surface area contributed by atoms with Crippen LogP contribution in [0, 0.1) is 0 Å². The lowest BCUT2D eigenvalue weighted by Gasteiger charge is -2.37. The number of carbonyl (C=O) groups excluding carboxylic acids is 1. The number of fused-ring (bicyclic) bond motifs is 4. The van der Waals surface area contributed by atoms with E-state index in [1.807, 2.05) is 31.3 Å². The number of imidazole rings is 1. The summed E-state index contributed by atoms with van der Waals surface area (Å²) in [6.07, 6.45) is 3.25. The molecular weight excluding hydrogens is 562 g/mol. The van der Waals surface area contributed by atoms with Gasteiger partial charge in [-0.25, -0.2) is 19.3 Å². The van der Waals surface area contributed by atoms with Gasteiger partial charge in [-0.1, -0.05) is 0 Å². The Hall–Kier alpha value is -4.55. The molecule has 1 saturated heterocycles. The van der Waals surface area contributed by atoms with Crippen LogP contribution in [0.4, 0.5) is 27.7 Å². The number of nitrogens with zero attached hydrogens (tertiary/aromatic N) is 5. The maximum atomic E-state index is 13.5. The second-order valence-corrected chi connectivity index (χ2v) is 11.4. The molecule has 2 atom stereocenters. The molecule has 2 aromatic carbocycles. The maximum Gasteiger partial charge on any atom is 0.328 e. The van der Waals surface area contributed by atoms with Crippen LogP contribution in [-0.4, -0.2) is 80.3 Å². The molecule has 2 aliphatic heterocycles. The molecule has 4 heterocycles. The first-order chi connectivity index (χ1) is 21.5. The Kier molecular flexibility index (Phi) is 7.61. The molecule has 2 fully saturated rings. The average Bonchev–Trinajstić information content (AvgIpc) is 3.47. The van der Waals surface area contributed by atoms with Crippen molar-refractivity contribution >= 4 is 40.1 Å². The Morgan fingerprint density at radius 2 is 1.93 bits per heavy atom. The van der Waals surface area contributed by atoms with Crippen LogP contribution in [0.2, 0.25) is 0 Å². The summed E-state index contributed by atoms with van der Waals surface area (Å²) < 4.78 is 24.4. The van der Waals surface area contributed by atoms with Gasteiger partial charge >= 0.3 is 6.03 Å². The first-order valence-corrected chi connectivity index (χ1v) is 15.0. The zero-order chi connectivity index (χ0) is 30.2. The highest BCUT2D eigenvalue weighted by Gasteiger charge is 2.34. The van der Waals surface area contributed by atoms with Gasteiger partial charge in [0.2, 0.25) is 0 Å². The second-order valence-electron chi connectivity index (χ2n) is 11.4. The van der Waals surface area contributed by atoms with E-state index in [9.17, 15) is 4.79 Å². The van der Waals surface area contributed by atoms with Gasteiger partial charge in [-0.3, -0.25) is 0 Å². The van der Waals surface area contributed by atoms with Crippen molar-refractivity contribution in [3.05, 3.63) is 59.9 Å². The lowest BCUT2D eigenvalue weighted by molar-refractivity contribution is -0.0323. The van der Waals surface area contributed by atoms with Crippen molar-refractivity contribution < 1.29 is 23.7 Å². The minimum atomic E-state index is -0.272. The van der Waals surface area contributed by atoms with Crippen LogP contribution < -0.4 is 29.9 Å². The third-order valence-electron chi connectivity index (χ3n) is 8.63. The third-order valence-corrected chi connectivity index (χ3v) is 8.63. The molecule has 2 N–H and O–H groups in total. The van der Waals surface area contributed by atoms with E-state index < -0.39 is 0 Å². The SMILES string of the molecule is COc1ccc(CN(C)c2cc3nc4c2ncn4C(=O)N[C@@H]2CC[C@H]2OCc2cc(cc(N4CCOCC4)c2)N3)c(OC)c1. The Labute approximate surface area is 255 Å². The van der Waals surface area contributed by atoms with E-state index in [-0.39, 0.29) is 18.2 Å². The van der Waals surface area contributed by atoms with E-state index in [0.29, 0.717) is 43.3 Å². The Morgan fingerprint density at radius 1 is 1.07 bits per heavy atom. The fraction of sp³-hybridized carbons (Fsp3) is 0.406. The first-order valence-electron chi connectivity index (χ1n) is 15.0.